The summed E-state index contributed by atoms with van der Waals surface area (Å²) in [5.41, 5.74) is 4.51. The van der Waals surface area contributed by atoms with Crippen molar-refractivity contribution in [3.63, 3.8) is 0 Å². The fraction of sp³-hybridized carbons (Fsp3) is 0.333. The van der Waals surface area contributed by atoms with E-state index in [1.165, 1.54) is 11.8 Å². The number of allylic oxidation sites excluding steroid dienone is 1. The van der Waals surface area contributed by atoms with Crippen LogP contribution in [0.2, 0.25) is 0 Å². The molecule has 0 aliphatic rings. The average molecular weight is 618 g/mol. The number of carbonyl (C=O) groups excluding carboxylic acids is 2. The third kappa shape index (κ3) is 6.97. The van der Waals surface area contributed by atoms with Crippen LogP contribution in [0.4, 0.5) is 5.69 Å². The topological polar surface area (TPSA) is 88.9 Å². The summed E-state index contributed by atoms with van der Waals surface area (Å²) in [5, 5.41) is 15.5. The van der Waals surface area contributed by atoms with Crippen LogP contribution in [-0.2, 0) is 11.3 Å². The second-order valence-electron chi connectivity index (χ2n) is 9.06. The molecule has 2 amide bonds. The molecule has 2 N–H and O–H groups in total. The van der Waals surface area contributed by atoms with Gasteiger partial charge in [0, 0.05) is 21.4 Å². The largest absolute Gasteiger partial charge is 0.342 e. The number of rotatable bonds is 10. The van der Waals surface area contributed by atoms with Gasteiger partial charge in [0.05, 0.1) is 11.8 Å². The number of carbonyl (C=O) groups is 2. The summed E-state index contributed by atoms with van der Waals surface area (Å²) in [6.45, 7) is 14.3. The lowest BCUT2D eigenvalue weighted by Gasteiger charge is -2.22. The zero-order valence-electron chi connectivity index (χ0n) is 21.3. The maximum absolute atomic E-state index is 13.0. The number of nitrogens with zero attached hydrogens (tertiary/aromatic N) is 3. The number of hydrogen-bond donors (Lipinski definition) is 2. The molecule has 0 spiro atoms. The van der Waals surface area contributed by atoms with E-state index >= 15 is 0 Å². The van der Waals surface area contributed by atoms with Crippen molar-refractivity contribution in [1.82, 2.24) is 20.1 Å². The number of halogens is 1. The van der Waals surface area contributed by atoms with Crippen LogP contribution in [0.15, 0.2) is 54.2 Å². The van der Waals surface area contributed by atoms with Gasteiger partial charge in [-0.25, -0.2) is 0 Å². The summed E-state index contributed by atoms with van der Waals surface area (Å²) in [7, 11) is 0. The molecule has 3 rings (SSSR count). The molecule has 0 saturated heterocycles. The van der Waals surface area contributed by atoms with E-state index in [0.717, 1.165) is 25.9 Å². The number of hydrogen-bond acceptors (Lipinski definition) is 5. The SMILES string of the molecule is C=CCn1c(SCC(=O)Nc2c(C)cc(I)cc2C)nnc1[C@@H](NC(=O)c1cccc(C)c1)C(C)C. The lowest BCUT2D eigenvalue weighted by atomic mass is 10.0. The van der Waals surface area contributed by atoms with E-state index in [1.54, 1.807) is 12.1 Å². The van der Waals surface area contributed by atoms with Crippen molar-refractivity contribution in [3.8, 4) is 0 Å². The lowest BCUT2D eigenvalue weighted by Crippen LogP contribution is -2.34. The number of benzene rings is 2. The molecule has 0 aliphatic heterocycles. The molecule has 0 aliphatic carbocycles. The Morgan fingerprint density at radius 1 is 1.14 bits per heavy atom. The number of anilines is 1. The minimum Gasteiger partial charge on any atom is -0.342 e. The number of aromatic nitrogens is 3. The van der Waals surface area contributed by atoms with Gasteiger partial charge < -0.3 is 15.2 Å². The van der Waals surface area contributed by atoms with Gasteiger partial charge in [0.15, 0.2) is 11.0 Å². The summed E-state index contributed by atoms with van der Waals surface area (Å²) in [6.07, 6.45) is 1.76. The van der Waals surface area contributed by atoms with Gasteiger partial charge in [-0.15, -0.1) is 16.8 Å². The molecular weight excluding hydrogens is 585 g/mol. The highest BCUT2D eigenvalue weighted by molar-refractivity contribution is 14.1. The molecule has 190 valence electrons. The van der Waals surface area contributed by atoms with Crippen LogP contribution in [0.5, 0.6) is 0 Å². The first-order chi connectivity index (χ1) is 17.1. The number of thioether (sulfide) groups is 1. The fourth-order valence-electron chi connectivity index (χ4n) is 3.89. The number of aryl methyl sites for hydroxylation is 3. The van der Waals surface area contributed by atoms with E-state index < -0.39 is 0 Å². The van der Waals surface area contributed by atoms with Gasteiger partial charge in [-0.05, 0) is 84.7 Å². The van der Waals surface area contributed by atoms with Gasteiger partial charge in [-0.3, -0.25) is 9.59 Å². The van der Waals surface area contributed by atoms with Crippen molar-refractivity contribution in [3.05, 3.63) is 80.7 Å². The van der Waals surface area contributed by atoms with Crippen molar-refractivity contribution in [2.75, 3.05) is 11.1 Å². The fourth-order valence-corrected chi connectivity index (χ4v) is 5.58. The highest BCUT2D eigenvalue weighted by atomic mass is 127. The Kier molecular flexibility index (Phi) is 9.72. The van der Waals surface area contributed by atoms with Crippen LogP contribution in [0.3, 0.4) is 0 Å². The Bertz CT molecular complexity index is 1250. The van der Waals surface area contributed by atoms with E-state index in [1.807, 2.05) is 69.5 Å². The van der Waals surface area contributed by atoms with Gasteiger partial charge in [-0.1, -0.05) is 49.4 Å². The molecule has 0 bridgehead atoms. The quantitative estimate of drug-likeness (QED) is 0.169. The summed E-state index contributed by atoms with van der Waals surface area (Å²) >= 11 is 3.58. The Balaban J connectivity index is 1.77. The average Bonchev–Trinajstić information content (AvgIpc) is 3.20. The van der Waals surface area contributed by atoms with E-state index in [2.05, 4.69) is 50.0 Å². The van der Waals surface area contributed by atoms with Crippen LogP contribution in [0.1, 0.15) is 52.8 Å². The Morgan fingerprint density at radius 2 is 1.83 bits per heavy atom. The van der Waals surface area contributed by atoms with Gasteiger partial charge in [0.25, 0.3) is 5.91 Å². The van der Waals surface area contributed by atoms with Crippen LogP contribution < -0.4 is 10.6 Å². The lowest BCUT2D eigenvalue weighted by molar-refractivity contribution is -0.113. The second kappa shape index (κ2) is 12.5. The predicted molar refractivity (Wildman–Crippen MR) is 154 cm³/mol. The van der Waals surface area contributed by atoms with Crippen molar-refractivity contribution >= 4 is 51.9 Å². The van der Waals surface area contributed by atoms with Crippen LogP contribution in [-0.4, -0.2) is 32.3 Å². The molecule has 0 saturated carbocycles. The second-order valence-corrected chi connectivity index (χ2v) is 11.2. The van der Waals surface area contributed by atoms with Gasteiger partial charge in [0.1, 0.15) is 0 Å². The molecule has 2 aromatic carbocycles. The molecule has 1 aromatic heterocycles. The predicted octanol–water partition coefficient (Wildman–Crippen LogP) is 5.85. The first-order valence-corrected chi connectivity index (χ1v) is 13.8. The molecule has 0 fully saturated rings. The third-order valence-electron chi connectivity index (χ3n) is 5.66. The first kappa shape index (κ1) is 27.9. The molecule has 36 heavy (non-hydrogen) atoms. The zero-order chi connectivity index (χ0) is 26.4. The van der Waals surface area contributed by atoms with Crippen molar-refractivity contribution < 1.29 is 9.59 Å². The summed E-state index contributed by atoms with van der Waals surface area (Å²) < 4.78 is 3.04. The van der Waals surface area contributed by atoms with E-state index in [-0.39, 0.29) is 29.5 Å². The summed E-state index contributed by atoms with van der Waals surface area (Å²) in [6, 6.07) is 11.2. The first-order valence-electron chi connectivity index (χ1n) is 11.7. The maximum atomic E-state index is 13.0. The van der Waals surface area contributed by atoms with Crippen molar-refractivity contribution in [2.24, 2.45) is 5.92 Å². The molecule has 1 atom stereocenters. The molecule has 0 radical (unpaired) electrons. The van der Waals surface area contributed by atoms with Crippen LogP contribution >= 0.6 is 34.4 Å². The number of nitrogens with one attached hydrogen (secondary N) is 2. The van der Waals surface area contributed by atoms with E-state index in [4.69, 9.17) is 0 Å². The normalized spacial score (nSPS) is 11.9. The van der Waals surface area contributed by atoms with Crippen molar-refractivity contribution in [2.45, 2.75) is 52.4 Å². The Morgan fingerprint density at radius 3 is 2.44 bits per heavy atom. The molecule has 3 aromatic rings. The molecular formula is C27H32IN5O2S. The minimum atomic E-state index is -0.356. The Hall–Kier alpha value is -2.66. The van der Waals surface area contributed by atoms with Gasteiger partial charge in [-0.2, -0.15) is 0 Å². The molecule has 9 heteroatoms. The monoisotopic (exact) mass is 617 g/mol. The molecule has 7 nitrogen and oxygen atoms in total. The number of amides is 2. The van der Waals surface area contributed by atoms with Gasteiger partial charge in [0.2, 0.25) is 5.91 Å². The summed E-state index contributed by atoms with van der Waals surface area (Å²) in [4.78, 5) is 25.7. The maximum Gasteiger partial charge on any atom is 0.251 e. The van der Waals surface area contributed by atoms with Crippen molar-refractivity contribution in [1.29, 1.82) is 0 Å². The van der Waals surface area contributed by atoms with Crippen LogP contribution in [0.25, 0.3) is 0 Å². The highest BCUT2D eigenvalue weighted by Gasteiger charge is 2.26. The Labute approximate surface area is 230 Å². The van der Waals surface area contributed by atoms with E-state index in [0.29, 0.717) is 23.1 Å². The van der Waals surface area contributed by atoms with Gasteiger partial charge >= 0.3 is 0 Å². The zero-order valence-corrected chi connectivity index (χ0v) is 24.2. The van der Waals surface area contributed by atoms with E-state index in [9.17, 15) is 9.59 Å². The smallest absolute Gasteiger partial charge is 0.251 e. The standard InChI is InChI=1S/C27H32IN5O2S/c1-7-11-33-25(23(16(2)3)30-26(35)20-10-8-9-17(4)12-20)31-32-27(33)36-15-22(34)29-24-18(5)13-21(28)14-19(24)6/h7-10,12-14,16,23H,1,11,15H2,2-6H3,(H,29,34)(H,30,35)/t23-/m0/s1. The summed E-state index contributed by atoms with van der Waals surface area (Å²) in [5.74, 6) is 0.609. The molecule has 1 heterocycles. The molecule has 0 unspecified atom stereocenters. The third-order valence-corrected chi connectivity index (χ3v) is 7.25. The van der Waals surface area contributed by atoms with Crippen LogP contribution in [0, 0.1) is 30.3 Å². The minimum absolute atomic E-state index is 0.0690. The highest BCUT2D eigenvalue weighted by Crippen LogP contribution is 2.27.